The van der Waals surface area contributed by atoms with Crippen LogP contribution in [0, 0.1) is 0 Å². The van der Waals surface area contributed by atoms with Gasteiger partial charge in [0, 0.05) is 30.0 Å². The van der Waals surface area contributed by atoms with Gasteiger partial charge in [-0.1, -0.05) is 0 Å². The van der Waals surface area contributed by atoms with Gasteiger partial charge in [-0.05, 0) is 46.8 Å². The van der Waals surface area contributed by atoms with E-state index in [9.17, 15) is 4.79 Å². The van der Waals surface area contributed by atoms with Crippen molar-refractivity contribution in [2.24, 2.45) is 5.73 Å². The molecule has 0 amide bonds. The van der Waals surface area contributed by atoms with Crippen LogP contribution in [0.25, 0.3) is 5.65 Å². The Hall–Kier alpha value is -2.08. The summed E-state index contributed by atoms with van der Waals surface area (Å²) in [5.74, 6) is 0.133. The van der Waals surface area contributed by atoms with Gasteiger partial charge in [-0.2, -0.15) is 0 Å². The molecule has 0 spiro atoms. The zero-order valence-electron chi connectivity index (χ0n) is 14.4. The molecule has 2 N–H and O–H groups in total. The summed E-state index contributed by atoms with van der Waals surface area (Å²) in [5.41, 5.74) is 6.88. The molecule has 23 heavy (non-hydrogen) atoms. The molecule has 2 aromatic heterocycles. The minimum Gasteiger partial charge on any atom is -0.478 e. The Kier molecular flexibility index (Phi) is 4.66. The fourth-order valence-corrected chi connectivity index (χ4v) is 2.25. The van der Waals surface area contributed by atoms with E-state index in [1.807, 2.05) is 51.3 Å². The van der Waals surface area contributed by atoms with Crippen molar-refractivity contribution >= 4 is 11.6 Å². The van der Waals surface area contributed by atoms with Crippen LogP contribution in [0.5, 0.6) is 5.75 Å². The standard InChI is InChI=1S/C17H25N3O3/c1-16(2,3)23-14(21)11-22-13-7-6-8-20-12(9-17(4,5)18)10-19-15(13)20/h6-8,10H,9,11,18H2,1-5H3. The number of carbonyl (C=O) groups is 1. The number of rotatable bonds is 5. The van der Waals surface area contributed by atoms with E-state index in [0.717, 1.165) is 5.69 Å². The molecular weight excluding hydrogens is 294 g/mol. The fraction of sp³-hybridized carbons (Fsp3) is 0.529. The summed E-state index contributed by atoms with van der Waals surface area (Å²) in [6.45, 7) is 9.25. The van der Waals surface area contributed by atoms with E-state index in [0.29, 0.717) is 17.8 Å². The highest BCUT2D eigenvalue weighted by atomic mass is 16.6. The van der Waals surface area contributed by atoms with Gasteiger partial charge in [0.2, 0.25) is 0 Å². The van der Waals surface area contributed by atoms with Crippen LogP contribution in [-0.2, 0) is 16.0 Å². The molecule has 0 unspecified atom stereocenters. The Morgan fingerprint density at radius 2 is 2.00 bits per heavy atom. The lowest BCUT2D eigenvalue weighted by atomic mass is 10.0. The second kappa shape index (κ2) is 6.20. The molecule has 6 nitrogen and oxygen atoms in total. The molecule has 0 aliphatic rings. The zero-order chi connectivity index (χ0) is 17.3. The van der Waals surface area contributed by atoms with Crippen LogP contribution in [0.1, 0.15) is 40.3 Å². The Bertz CT molecular complexity index is 693. The molecule has 2 aromatic rings. The number of carbonyl (C=O) groups excluding carboxylic acids is 1. The van der Waals surface area contributed by atoms with Gasteiger partial charge in [0.25, 0.3) is 0 Å². The second-order valence-electron chi connectivity index (χ2n) is 7.36. The third-order valence-electron chi connectivity index (χ3n) is 2.98. The minimum atomic E-state index is -0.528. The molecule has 126 valence electrons. The van der Waals surface area contributed by atoms with Crippen molar-refractivity contribution in [3.63, 3.8) is 0 Å². The highest BCUT2D eigenvalue weighted by Crippen LogP contribution is 2.21. The summed E-state index contributed by atoms with van der Waals surface area (Å²) in [6, 6.07) is 3.64. The molecule has 0 fully saturated rings. The highest BCUT2D eigenvalue weighted by Gasteiger charge is 2.19. The number of pyridine rings is 1. The maximum Gasteiger partial charge on any atom is 0.344 e. The lowest BCUT2D eigenvalue weighted by Crippen LogP contribution is -2.34. The quantitative estimate of drug-likeness (QED) is 0.856. The van der Waals surface area contributed by atoms with Crippen LogP contribution in [-0.4, -0.2) is 33.1 Å². The molecule has 2 heterocycles. The smallest absolute Gasteiger partial charge is 0.344 e. The number of hydrogen-bond donors (Lipinski definition) is 1. The van der Waals surface area contributed by atoms with Gasteiger partial charge in [0.05, 0.1) is 0 Å². The molecule has 0 saturated heterocycles. The lowest BCUT2D eigenvalue weighted by Gasteiger charge is -2.19. The predicted molar refractivity (Wildman–Crippen MR) is 88.5 cm³/mol. The first-order chi connectivity index (χ1) is 10.6. The van der Waals surface area contributed by atoms with Crippen molar-refractivity contribution in [3.8, 4) is 5.75 Å². The number of fused-ring (bicyclic) bond motifs is 1. The number of ether oxygens (including phenoxy) is 2. The maximum absolute atomic E-state index is 11.8. The summed E-state index contributed by atoms with van der Waals surface area (Å²) in [5, 5.41) is 0. The van der Waals surface area contributed by atoms with Gasteiger partial charge in [-0.25, -0.2) is 9.78 Å². The summed E-state index contributed by atoms with van der Waals surface area (Å²) in [7, 11) is 0. The van der Waals surface area contributed by atoms with Crippen molar-refractivity contribution in [2.45, 2.75) is 52.2 Å². The average molecular weight is 319 g/mol. The van der Waals surface area contributed by atoms with Crippen LogP contribution in [0.2, 0.25) is 0 Å². The summed E-state index contributed by atoms with van der Waals surface area (Å²) in [4.78, 5) is 16.2. The average Bonchev–Trinajstić information content (AvgIpc) is 2.76. The van der Waals surface area contributed by atoms with Gasteiger partial charge < -0.3 is 19.6 Å². The van der Waals surface area contributed by atoms with Crippen molar-refractivity contribution in [1.82, 2.24) is 9.38 Å². The Labute approximate surface area is 136 Å². The van der Waals surface area contributed by atoms with Gasteiger partial charge >= 0.3 is 5.97 Å². The predicted octanol–water partition coefficient (Wildman–Crippen LogP) is 2.33. The fourth-order valence-electron chi connectivity index (χ4n) is 2.25. The molecule has 0 aromatic carbocycles. The maximum atomic E-state index is 11.8. The SMILES string of the molecule is CC(C)(N)Cc1cnc2c(OCC(=O)OC(C)(C)C)cccn12. The van der Waals surface area contributed by atoms with Crippen molar-refractivity contribution < 1.29 is 14.3 Å². The van der Waals surface area contributed by atoms with E-state index in [1.165, 1.54) is 0 Å². The van der Waals surface area contributed by atoms with E-state index in [4.69, 9.17) is 15.2 Å². The Morgan fingerprint density at radius 1 is 1.30 bits per heavy atom. The van der Waals surface area contributed by atoms with E-state index >= 15 is 0 Å². The molecule has 0 aliphatic carbocycles. The summed E-state index contributed by atoms with van der Waals surface area (Å²) >= 11 is 0. The zero-order valence-corrected chi connectivity index (χ0v) is 14.4. The molecule has 0 bridgehead atoms. The Morgan fingerprint density at radius 3 is 2.61 bits per heavy atom. The summed E-state index contributed by atoms with van der Waals surface area (Å²) < 4.78 is 12.7. The van der Waals surface area contributed by atoms with Gasteiger partial charge in [0.15, 0.2) is 18.0 Å². The first kappa shape index (κ1) is 17.3. The number of nitrogens with zero attached hydrogens (tertiary/aromatic N) is 2. The number of hydrogen-bond acceptors (Lipinski definition) is 5. The number of esters is 1. The van der Waals surface area contributed by atoms with Crippen LogP contribution in [0.4, 0.5) is 0 Å². The molecule has 2 rings (SSSR count). The van der Waals surface area contributed by atoms with Gasteiger partial charge in [-0.3, -0.25) is 0 Å². The third kappa shape index (κ3) is 4.96. The van der Waals surface area contributed by atoms with Crippen LogP contribution < -0.4 is 10.5 Å². The Balaban J connectivity index is 2.15. The molecule has 0 aliphatic heterocycles. The van der Waals surface area contributed by atoms with E-state index < -0.39 is 11.6 Å². The minimum absolute atomic E-state index is 0.151. The normalized spacial score (nSPS) is 12.4. The lowest BCUT2D eigenvalue weighted by molar-refractivity contribution is -0.157. The van der Waals surface area contributed by atoms with E-state index in [-0.39, 0.29) is 12.1 Å². The number of aromatic nitrogens is 2. The number of nitrogens with two attached hydrogens (primary N) is 1. The van der Waals surface area contributed by atoms with Gasteiger partial charge in [-0.15, -0.1) is 0 Å². The van der Waals surface area contributed by atoms with E-state index in [1.54, 1.807) is 12.3 Å². The largest absolute Gasteiger partial charge is 0.478 e. The van der Waals surface area contributed by atoms with Crippen LogP contribution >= 0.6 is 0 Å². The summed E-state index contributed by atoms with van der Waals surface area (Å²) in [6.07, 6.45) is 4.37. The highest BCUT2D eigenvalue weighted by molar-refractivity contribution is 5.72. The van der Waals surface area contributed by atoms with Crippen LogP contribution in [0.15, 0.2) is 24.5 Å². The first-order valence-corrected chi connectivity index (χ1v) is 7.64. The topological polar surface area (TPSA) is 78.9 Å². The van der Waals surface area contributed by atoms with Gasteiger partial charge in [0.1, 0.15) is 5.60 Å². The van der Waals surface area contributed by atoms with Crippen molar-refractivity contribution in [3.05, 3.63) is 30.2 Å². The molecule has 6 heteroatoms. The molecule has 0 radical (unpaired) electrons. The molecular formula is C17H25N3O3. The monoisotopic (exact) mass is 319 g/mol. The number of imidazole rings is 1. The second-order valence-corrected chi connectivity index (χ2v) is 7.36. The van der Waals surface area contributed by atoms with Crippen molar-refractivity contribution in [1.29, 1.82) is 0 Å². The molecule has 0 atom stereocenters. The molecule has 0 saturated carbocycles. The van der Waals surface area contributed by atoms with E-state index in [2.05, 4.69) is 4.98 Å². The van der Waals surface area contributed by atoms with Crippen molar-refractivity contribution in [2.75, 3.05) is 6.61 Å². The third-order valence-corrected chi connectivity index (χ3v) is 2.98. The van der Waals surface area contributed by atoms with Crippen LogP contribution in [0.3, 0.4) is 0 Å². The first-order valence-electron chi connectivity index (χ1n) is 7.64.